The Morgan fingerprint density at radius 2 is 1.75 bits per heavy atom. The minimum atomic E-state index is -0.203. The molecule has 0 saturated heterocycles. The smallest absolute Gasteiger partial charge is 0.133 e. The highest BCUT2D eigenvalue weighted by Gasteiger charge is 2.10. The van der Waals surface area contributed by atoms with E-state index in [1.165, 1.54) is 5.57 Å². The molecule has 118 valence electrons. The van der Waals surface area contributed by atoms with Crippen molar-refractivity contribution in [2.75, 3.05) is 0 Å². The molecule has 1 N–H and O–H groups in total. The van der Waals surface area contributed by atoms with Crippen LogP contribution in [-0.4, -0.2) is 17.0 Å². The maximum atomic E-state index is 11.7. The third kappa shape index (κ3) is 12.4. The molecule has 2 atom stereocenters. The van der Waals surface area contributed by atoms with Crippen LogP contribution < -0.4 is 0 Å². The Morgan fingerprint density at radius 3 is 2.30 bits per heavy atom. The Bertz CT molecular complexity index is 290. The average Bonchev–Trinajstić information content (AvgIpc) is 2.26. The van der Waals surface area contributed by atoms with Crippen molar-refractivity contribution in [1.82, 2.24) is 0 Å². The maximum absolute atomic E-state index is 11.7. The number of aliphatic hydroxyl groups excluding tert-OH is 1. The van der Waals surface area contributed by atoms with Gasteiger partial charge < -0.3 is 5.11 Å². The summed E-state index contributed by atoms with van der Waals surface area (Å²) in [4.78, 5) is 11.7. The van der Waals surface area contributed by atoms with Crippen molar-refractivity contribution in [3.8, 4) is 0 Å². The summed E-state index contributed by atoms with van der Waals surface area (Å²) >= 11 is 0. The molecule has 0 heterocycles. The number of allylic oxidation sites excluding steroid dienone is 2. The third-order valence-corrected chi connectivity index (χ3v) is 3.56. The molecule has 0 aromatic carbocycles. The van der Waals surface area contributed by atoms with Gasteiger partial charge >= 0.3 is 0 Å². The molecule has 0 aliphatic carbocycles. The highest BCUT2D eigenvalue weighted by molar-refractivity contribution is 5.78. The van der Waals surface area contributed by atoms with Crippen molar-refractivity contribution in [3.63, 3.8) is 0 Å². The molecule has 2 unspecified atom stereocenters. The van der Waals surface area contributed by atoms with Gasteiger partial charge in [0.15, 0.2) is 0 Å². The van der Waals surface area contributed by atoms with Crippen molar-refractivity contribution < 1.29 is 9.90 Å². The second-order valence-electron chi connectivity index (χ2n) is 6.82. The summed E-state index contributed by atoms with van der Waals surface area (Å²) in [7, 11) is 0. The predicted octanol–water partition coefficient (Wildman–Crippen LogP) is 4.91. The second kappa shape index (κ2) is 11.1. The fourth-order valence-corrected chi connectivity index (χ4v) is 2.43. The first kappa shape index (κ1) is 19.4. The Kier molecular flexibility index (Phi) is 10.7. The SMILES string of the molecule is C/C(=C\CCC(C)O)CCCC(C)CC(=O)CC(C)C. The number of carbonyl (C=O) groups excluding carboxylic acids is 1. The van der Waals surface area contributed by atoms with Gasteiger partial charge in [0, 0.05) is 12.8 Å². The third-order valence-electron chi connectivity index (χ3n) is 3.56. The molecule has 0 saturated carbocycles. The van der Waals surface area contributed by atoms with E-state index in [2.05, 4.69) is 33.8 Å². The molecule has 0 radical (unpaired) electrons. The minimum Gasteiger partial charge on any atom is -0.393 e. The quantitative estimate of drug-likeness (QED) is 0.547. The summed E-state index contributed by atoms with van der Waals surface area (Å²) in [5.41, 5.74) is 1.41. The van der Waals surface area contributed by atoms with E-state index in [0.29, 0.717) is 17.6 Å². The number of rotatable bonds is 11. The number of ketones is 1. The normalized spacial score (nSPS) is 15.4. The Hall–Kier alpha value is -0.630. The summed E-state index contributed by atoms with van der Waals surface area (Å²) in [5, 5.41) is 9.20. The van der Waals surface area contributed by atoms with Crippen LogP contribution >= 0.6 is 0 Å². The number of hydrogen-bond donors (Lipinski definition) is 1. The molecule has 0 amide bonds. The first-order valence-corrected chi connectivity index (χ1v) is 8.16. The Balaban J connectivity index is 3.74. The predicted molar refractivity (Wildman–Crippen MR) is 86.8 cm³/mol. The zero-order valence-corrected chi connectivity index (χ0v) is 14.1. The second-order valence-corrected chi connectivity index (χ2v) is 6.82. The molecule has 0 aliphatic rings. The van der Waals surface area contributed by atoms with Gasteiger partial charge in [0.25, 0.3) is 0 Å². The molecule has 0 bridgehead atoms. The van der Waals surface area contributed by atoms with Crippen molar-refractivity contribution >= 4 is 5.78 Å². The number of Topliss-reactive ketones (excluding diaryl/α,β-unsaturated/α-hetero) is 1. The van der Waals surface area contributed by atoms with Gasteiger partial charge in [0.1, 0.15) is 5.78 Å². The van der Waals surface area contributed by atoms with E-state index >= 15 is 0 Å². The summed E-state index contributed by atoms with van der Waals surface area (Å²) in [6, 6.07) is 0. The van der Waals surface area contributed by atoms with Crippen LogP contribution in [0.15, 0.2) is 11.6 Å². The summed E-state index contributed by atoms with van der Waals surface area (Å²) in [5.74, 6) is 1.40. The van der Waals surface area contributed by atoms with Crippen LogP contribution in [0.5, 0.6) is 0 Å². The first-order valence-electron chi connectivity index (χ1n) is 8.16. The van der Waals surface area contributed by atoms with Crippen LogP contribution in [0, 0.1) is 11.8 Å². The maximum Gasteiger partial charge on any atom is 0.133 e. The summed E-state index contributed by atoms with van der Waals surface area (Å²) in [6.45, 7) is 10.4. The number of carbonyl (C=O) groups is 1. The van der Waals surface area contributed by atoms with E-state index in [4.69, 9.17) is 0 Å². The number of hydrogen-bond acceptors (Lipinski definition) is 2. The lowest BCUT2D eigenvalue weighted by Crippen LogP contribution is -2.08. The fraction of sp³-hybridized carbons (Fsp3) is 0.833. The van der Waals surface area contributed by atoms with Gasteiger partial charge in [-0.15, -0.1) is 0 Å². The molecular formula is C18H34O2. The van der Waals surface area contributed by atoms with Gasteiger partial charge in [-0.25, -0.2) is 0 Å². The first-order chi connectivity index (χ1) is 9.31. The molecule has 0 spiro atoms. The molecule has 0 rings (SSSR count). The Labute approximate surface area is 125 Å². The zero-order valence-electron chi connectivity index (χ0n) is 14.1. The zero-order chi connectivity index (χ0) is 15.5. The van der Waals surface area contributed by atoms with Crippen molar-refractivity contribution in [2.24, 2.45) is 11.8 Å². The molecule has 2 nitrogen and oxygen atoms in total. The van der Waals surface area contributed by atoms with Gasteiger partial charge in [-0.05, 0) is 57.8 Å². The van der Waals surface area contributed by atoms with E-state index in [-0.39, 0.29) is 6.10 Å². The van der Waals surface area contributed by atoms with Crippen LogP contribution in [0.25, 0.3) is 0 Å². The van der Waals surface area contributed by atoms with Gasteiger partial charge in [0.05, 0.1) is 6.10 Å². The lowest BCUT2D eigenvalue weighted by Gasteiger charge is -2.11. The van der Waals surface area contributed by atoms with E-state index in [1.807, 2.05) is 6.92 Å². The van der Waals surface area contributed by atoms with Gasteiger partial charge in [-0.3, -0.25) is 4.79 Å². The van der Waals surface area contributed by atoms with Gasteiger partial charge in [0.2, 0.25) is 0 Å². The van der Waals surface area contributed by atoms with Crippen LogP contribution in [-0.2, 0) is 4.79 Å². The fourth-order valence-electron chi connectivity index (χ4n) is 2.43. The Morgan fingerprint density at radius 1 is 1.10 bits per heavy atom. The molecule has 0 fully saturated rings. The van der Waals surface area contributed by atoms with E-state index in [9.17, 15) is 9.90 Å². The van der Waals surface area contributed by atoms with E-state index in [0.717, 1.165) is 44.9 Å². The minimum absolute atomic E-state index is 0.203. The van der Waals surface area contributed by atoms with Crippen LogP contribution in [0.4, 0.5) is 0 Å². The summed E-state index contributed by atoms with van der Waals surface area (Å²) < 4.78 is 0. The van der Waals surface area contributed by atoms with Crippen LogP contribution in [0.1, 0.15) is 79.6 Å². The molecule has 0 aromatic heterocycles. The van der Waals surface area contributed by atoms with Crippen molar-refractivity contribution in [1.29, 1.82) is 0 Å². The lowest BCUT2D eigenvalue weighted by atomic mass is 9.93. The number of aliphatic hydroxyl groups is 1. The van der Waals surface area contributed by atoms with E-state index < -0.39 is 0 Å². The summed E-state index contributed by atoms with van der Waals surface area (Å²) in [6.07, 6.45) is 8.71. The van der Waals surface area contributed by atoms with Crippen molar-refractivity contribution in [3.05, 3.63) is 11.6 Å². The monoisotopic (exact) mass is 282 g/mol. The van der Waals surface area contributed by atoms with Gasteiger partial charge in [-0.1, -0.05) is 32.4 Å². The molecular weight excluding hydrogens is 248 g/mol. The molecule has 0 aliphatic heterocycles. The molecule has 0 aromatic rings. The van der Waals surface area contributed by atoms with Crippen LogP contribution in [0.2, 0.25) is 0 Å². The van der Waals surface area contributed by atoms with E-state index in [1.54, 1.807) is 0 Å². The largest absolute Gasteiger partial charge is 0.393 e. The van der Waals surface area contributed by atoms with Crippen LogP contribution in [0.3, 0.4) is 0 Å². The standard InChI is InChI=1S/C18H34O2/c1-14(2)12-18(20)13-16(4)10-6-8-15(3)9-7-11-17(5)19/h9,14,16-17,19H,6-8,10-13H2,1-5H3/b15-9+. The van der Waals surface area contributed by atoms with Gasteiger partial charge in [-0.2, -0.15) is 0 Å². The van der Waals surface area contributed by atoms with Crippen molar-refractivity contribution in [2.45, 2.75) is 85.7 Å². The lowest BCUT2D eigenvalue weighted by molar-refractivity contribution is -0.120. The topological polar surface area (TPSA) is 37.3 Å². The molecule has 2 heteroatoms. The highest BCUT2D eigenvalue weighted by Crippen LogP contribution is 2.17. The molecule has 20 heavy (non-hydrogen) atoms. The highest BCUT2D eigenvalue weighted by atomic mass is 16.3. The average molecular weight is 282 g/mol.